The quantitative estimate of drug-likeness (QED) is 0.853. The van der Waals surface area contributed by atoms with Crippen molar-refractivity contribution in [1.82, 2.24) is 15.5 Å². The van der Waals surface area contributed by atoms with E-state index >= 15 is 0 Å². The highest BCUT2D eigenvalue weighted by molar-refractivity contribution is 5.97. The van der Waals surface area contributed by atoms with Gasteiger partial charge in [-0.1, -0.05) is 26.0 Å². The first-order valence-corrected chi connectivity index (χ1v) is 8.94. The molecular weight excluding hydrogens is 321 g/mol. The Morgan fingerprint density at radius 1 is 1.36 bits per heavy atom. The van der Waals surface area contributed by atoms with E-state index in [-0.39, 0.29) is 29.7 Å². The second-order valence-electron chi connectivity index (χ2n) is 7.59. The van der Waals surface area contributed by atoms with Crippen LogP contribution in [0.15, 0.2) is 18.2 Å². The smallest absolute Gasteiger partial charge is 0.245 e. The summed E-state index contributed by atoms with van der Waals surface area (Å²) >= 11 is 0. The maximum absolute atomic E-state index is 13.6. The van der Waals surface area contributed by atoms with Crippen LogP contribution >= 0.6 is 0 Å². The zero-order valence-electron chi connectivity index (χ0n) is 15.0. The van der Waals surface area contributed by atoms with E-state index in [4.69, 9.17) is 0 Å². The van der Waals surface area contributed by atoms with Gasteiger partial charge in [0.1, 0.15) is 17.9 Å². The van der Waals surface area contributed by atoms with Crippen molar-refractivity contribution in [3.05, 3.63) is 35.1 Å². The minimum Gasteiger partial charge on any atom is -0.342 e. The second kappa shape index (κ2) is 7.12. The lowest BCUT2D eigenvalue weighted by molar-refractivity contribution is -0.147. The molecule has 2 amide bonds. The highest BCUT2D eigenvalue weighted by atomic mass is 19.1. The Kier molecular flexibility index (Phi) is 5.08. The van der Waals surface area contributed by atoms with Gasteiger partial charge in [0.15, 0.2) is 0 Å². The van der Waals surface area contributed by atoms with Crippen LogP contribution in [-0.2, 0) is 16.1 Å². The highest BCUT2D eigenvalue weighted by Gasteiger charge is 2.46. The van der Waals surface area contributed by atoms with E-state index in [1.54, 1.807) is 17.9 Å². The molecule has 25 heavy (non-hydrogen) atoms. The van der Waals surface area contributed by atoms with Crippen molar-refractivity contribution < 1.29 is 14.0 Å². The summed E-state index contributed by atoms with van der Waals surface area (Å²) in [6.45, 7) is 6.87. The Morgan fingerprint density at radius 3 is 2.80 bits per heavy atom. The molecule has 0 unspecified atom stereocenters. The van der Waals surface area contributed by atoms with Gasteiger partial charge in [-0.05, 0) is 42.9 Å². The topological polar surface area (TPSA) is 61.4 Å². The number of piperazine rings is 1. The summed E-state index contributed by atoms with van der Waals surface area (Å²) in [5.74, 6) is 0.0906. The van der Waals surface area contributed by atoms with E-state index in [0.717, 1.165) is 5.56 Å². The number of hydrogen-bond acceptors (Lipinski definition) is 3. The Balaban J connectivity index is 1.61. The third-order valence-electron chi connectivity index (χ3n) is 5.04. The monoisotopic (exact) mass is 347 g/mol. The highest BCUT2D eigenvalue weighted by Crippen LogP contribution is 2.25. The number of nitrogens with zero attached hydrogens (tertiary/aromatic N) is 1. The molecular formula is C19H26FN3O2. The van der Waals surface area contributed by atoms with Crippen LogP contribution in [0.2, 0.25) is 0 Å². The molecule has 0 bridgehead atoms. The van der Waals surface area contributed by atoms with Crippen LogP contribution in [0.3, 0.4) is 0 Å². The molecule has 1 aromatic rings. The molecule has 3 rings (SSSR count). The summed E-state index contributed by atoms with van der Waals surface area (Å²) < 4.78 is 13.6. The van der Waals surface area contributed by atoms with E-state index in [1.165, 1.54) is 6.07 Å². The fraction of sp³-hybridized carbons (Fsp3) is 0.579. The van der Waals surface area contributed by atoms with Crippen LogP contribution in [0.25, 0.3) is 0 Å². The first kappa shape index (κ1) is 17.9. The molecule has 2 aliphatic rings. The van der Waals surface area contributed by atoms with Gasteiger partial charge in [0.05, 0.1) is 0 Å². The predicted octanol–water partition coefficient (Wildman–Crippen LogP) is 1.74. The van der Waals surface area contributed by atoms with Crippen LogP contribution in [0.1, 0.15) is 37.8 Å². The molecule has 6 heteroatoms. The first-order valence-electron chi connectivity index (χ1n) is 8.94. The van der Waals surface area contributed by atoms with Crippen molar-refractivity contribution in [2.75, 3.05) is 6.54 Å². The number of halogens is 1. The average molecular weight is 347 g/mol. The third kappa shape index (κ3) is 3.84. The van der Waals surface area contributed by atoms with Gasteiger partial charge in [-0.2, -0.15) is 0 Å². The fourth-order valence-corrected chi connectivity index (χ4v) is 3.65. The Labute approximate surface area is 148 Å². The number of carbonyl (C=O) groups is 2. The summed E-state index contributed by atoms with van der Waals surface area (Å²) in [6.07, 6.45) is 1.26. The molecule has 3 atom stereocenters. The number of benzene rings is 1. The molecule has 2 N–H and O–H groups in total. The lowest BCUT2D eigenvalue weighted by atomic mass is 9.99. The maximum atomic E-state index is 13.6. The SMILES string of the molecule is Cc1ccc(CN[C@H]2C[C@H]3C(=O)N[C@@H](CC(C)C)C(=O)N3C2)cc1F. The molecule has 2 aliphatic heterocycles. The molecule has 0 aliphatic carbocycles. The zero-order chi connectivity index (χ0) is 18.1. The normalized spacial score (nSPS) is 26.1. The molecule has 1 aromatic carbocycles. The van der Waals surface area contributed by atoms with E-state index in [0.29, 0.717) is 37.4 Å². The van der Waals surface area contributed by atoms with Crippen molar-refractivity contribution >= 4 is 11.8 Å². The molecule has 0 radical (unpaired) electrons. The van der Waals surface area contributed by atoms with Crippen LogP contribution < -0.4 is 10.6 Å². The summed E-state index contributed by atoms with van der Waals surface area (Å²) in [7, 11) is 0. The largest absolute Gasteiger partial charge is 0.342 e. The van der Waals surface area contributed by atoms with Crippen molar-refractivity contribution in [2.45, 2.75) is 58.3 Å². The minimum absolute atomic E-state index is 0.0176. The Bertz CT molecular complexity index is 677. The van der Waals surface area contributed by atoms with E-state index < -0.39 is 6.04 Å². The van der Waals surface area contributed by atoms with Gasteiger partial charge in [0.25, 0.3) is 0 Å². The van der Waals surface area contributed by atoms with Gasteiger partial charge in [-0.3, -0.25) is 9.59 Å². The van der Waals surface area contributed by atoms with Gasteiger partial charge in [0.2, 0.25) is 11.8 Å². The molecule has 0 spiro atoms. The molecule has 5 nitrogen and oxygen atoms in total. The Morgan fingerprint density at radius 2 is 2.12 bits per heavy atom. The van der Waals surface area contributed by atoms with Crippen molar-refractivity contribution in [3.8, 4) is 0 Å². The Hall–Kier alpha value is -1.95. The summed E-state index contributed by atoms with van der Waals surface area (Å²) in [4.78, 5) is 26.7. The second-order valence-corrected chi connectivity index (χ2v) is 7.59. The number of hydrogen-bond donors (Lipinski definition) is 2. The van der Waals surface area contributed by atoms with Gasteiger partial charge >= 0.3 is 0 Å². The van der Waals surface area contributed by atoms with Crippen molar-refractivity contribution in [3.63, 3.8) is 0 Å². The molecule has 0 aromatic heterocycles. The fourth-order valence-electron chi connectivity index (χ4n) is 3.65. The molecule has 2 heterocycles. The lowest BCUT2D eigenvalue weighted by Gasteiger charge is -2.35. The first-order chi connectivity index (χ1) is 11.8. The molecule has 2 fully saturated rings. The van der Waals surface area contributed by atoms with Crippen molar-refractivity contribution in [1.29, 1.82) is 0 Å². The van der Waals surface area contributed by atoms with E-state index in [1.807, 2.05) is 19.9 Å². The van der Waals surface area contributed by atoms with Gasteiger partial charge in [0, 0.05) is 19.1 Å². The summed E-state index contributed by atoms with van der Waals surface area (Å²) in [5.41, 5.74) is 1.49. The minimum atomic E-state index is -0.409. The lowest BCUT2D eigenvalue weighted by Crippen LogP contribution is -2.61. The number of aryl methyl sites for hydroxylation is 1. The van der Waals surface area contributed by atoms with Gasteiger partial charge in [-0.25, -0.2) is 4.39 Å². The van der Waals surface area contributed by atoms with Gasteiger partial charge < -0.3 is 15.5 Å². The third-order valence-corrected chi connectivity index (χ3v) is 5.04. The number of fused-ring (bicyclic) bond motifs is 1. The summed E-state index contributed by atoms with van der Waals surface area (Å²) in [5, 5.41) is 6.23. The van der Waals surface area contributed by atoms with Crippen LogP contribution in [-0.4, -0.2) is 41.4 Å². The molecule has 136 valence electrons. The number of amides is 2. The maximum Gasteiger partial charge on any atom is 0.245 e. The van der Waals surface area contributed by atoms with E-state index in [2.05, 4.69) is 10.6 Å². The van der Waals surface area contributed by atoms with Gasteiger partial charge in [-0.15, -0.1) is 0 Å². The van der Waals surface area contributed by atoms with Crippen molar-refractivity contribution in [2.24, 2.45) is 5.92 Å². The molecule has 0 saturated carbocycles. The predicted molar refractivity (Wildman–Crippen MR) is 93.3 cm³/mol. The standard InChI is InChI=1S/C19H26FN3O2/c1-11(2)6-16-19(25)23-10-14(8-17(23)18(24)22-16)21-9-13-5-4-12(3)15(20)7-13/h4-5,7,11,14,16-17,21H,6,8-10H2,1-3H3,(H,22,24)/t14-,16-,17-/m0/s1. The van der Waals surface area contributed by atoms with Crippen LogP contribution in [0, 0.1) is 18.7 Å². The number of carbonyl (C=O) groups excluding carboxylic acids is 2. The molecule has 2 saturated heterocycles. The van der Waals surface area contributed by atoms with Crippen LogP contribution in [0.5, 0.6) is 0 Å². The zero-order valence-corrected chi connectivity index (χ0v) is 15.0. The average Bonchev–Trinajstić information content (AvgIpc) is 2.98. The van der Waals surface area contributed by atoms with E-state index in [9.17, 15) is 14.0 Å². The van der Waals surface area contributed by atoms with Crippen LogP contribution in [0.4, 0.5) is 4.39 Å². The number of nitrogens with one attached hydrogen (secondary N) is 2. The summed E-state index contributed by atoms with van der Waals surface area (Å²) in [6, 6.07) is 4.43. The number of rotatable bonds is 5.